The lowest BCUT2D eigenvalue weighted by Gasteiger charge is -2.28. The van der Waals surface area contributed by atoms with Crippen LogP contribution < -0.4 is 21.3 Å². The fourth-order valence-corrected chi connectivity index (χ4v) is 2.91. The molecule has 1 aliphatic rings. The van der Waals surface area contributed by atoms with E-state index in [-0.39, 0.29) is 6.03 Å². The van der Waals surface area contributed by atoms with Crippen LogP contribution in [0.5, 0.6) is 0 Å². The highest BCUT2D eigenvalue weighted by Crippen LogP contribution is 2.16. The summed E-state index contributed by atoms with van der Waals surface area (Å²) in [6.07, 6.45) is 0. The first-order chi connectivity index (χ1) is 13.1. The summed E-state index contributed by atoms with van der Waals surface area (Å²) in [6, 6.07) is 14.8. The van der Waals surface area contributed by atoms with Crippen LogP contribution in [0, 0.1) is 0 Å². The third-order valence-corrected chi connectivity index (χ3v) is 4.43. The maximum Gasteiger partial charge on any atom is 0.315 e. The molecule has 142 valence electrons. The molecule has 1 heterocycles. The van der Waals surface area contributed by atoms with Gasteiger partial charge in [-0.15, -0.1) is 0 Å². The standard InChI is InChI=1S/C20H24N4O3/c21-19(25)17-3-1-2-16(12-17)14-23-20(26)22-13-15-4-6-18(7-5-15)24-8-10-27-11-9-24/h1-7,12H,8-11,13-14H2,(H2,21,25)(H2,22,23,26). The molecule has 0 spiro atoms. The second kappa shape index (κ2) is 9.05. The number of nitrogens with zero attached hydrogens (tertiary/aromatic N) is 1. The number of hydrogen-bond donors (Lipinski definition) is 3. The van der Waals surface area contributed by atoms with E-state index >= 15 is 0 Å². The van der Waals surface area contributed by atoms with Gasteiger partial charge in [0.15, 0.2) is 0 Å². The molecule has 1 aliphatic heterocycles. The molecule has 1 fully saturated rings. The molecule has 7 heteroatoms. The molecule has 0 unspecified atom stereocenters. The number of rotatable bonds is 6. The molecule has 2 aromatic carbocycles. The highest BCUT2D eigenvalue weighted by Gasteiger charge is 2.11. The molecular weight excluding hydrogens is 344 g/mol. The number of urea groups is 1. The minimum absolute atomic E-state index is 0.267. The van der Waals surface area contributed by atoms with Crippen molar-refractivity contribution in [3.8, 4) is 0 Å². The maximum absolute atomic E-state index is 12.0. The summed E-state index contributed by atoms with van der Waals surface area (Å²) in [4.78, 5) is 25.5. The molecule has 0 bridgehead atoms. The lowest BCUT2D eigenvalue weighted by atomic mass is 10.1. The smallest absolute Gasteiger partial charge is 0.315 e. The van der Waals surface area contributed by atoms with E-state index in [2.05, 4.69) is 27.7 Å². The molecule has 0 aromatic heterocycles. The molecule has 3 rings (SSSR count). The Hall–Kier alpha value is -3.06. The van der Waals surface area contributed by atoms with Gasteiger partial charge in [0.2, 0.25) is 5.91 Å². The van der Waals surface area contributed by atoms with Gasteiger partial charge in [-0.1, -0.05) is 24.3 Å². The molecule has 0 radical (unpaired) electrons. The fraction of sp³-hybridized carbons (Fsp3) is 0.300. The number of primary amides is 1. The lowest BCUT2D eigenvalue weighted by molar-refractivity contribution is 0.1000. The number of hydrogen-bond acceptors (Lipinski definition) is 4. The summed E-state index contributed by atoms with van der Waals surface area (Å²) in [7, 11) is 0. The van der Waals surface area contributed by atoms with E-state index in [0.717, 1.165) is 37.4 Å². The third-order valence-electron chi connectivity index (χ3n) is 4.43. The number of benzene rings is 2. The molecule has 0 aliphatic carbocycles. The highest BCUT2D eigenvalue weighted by molar-refractivity contribution is 5.92. The molecule has 0 saturated carbocycles. The zero-order valence-corrected chi connectivity index (χ0v) is 15.1. The predicted octanol–water partition coefficient (Wildman–Crippen LogP) is 1.62. The zero-order valence-electron chi connectivity index (χ0n) is 15.1. The van der Waals surface area contributed by atoms with Crippen LogP contribution in [0.3, 0.4) is 0 Å². The van der Waals surface area contributed by atoms with Crippen LogP contribution in [0.25, 0.3) is 0 Å². The number of nitrogens with two attached hydrogens (primary N) is 1. The molecule has 0 atom stereocenters. The van der Waals surface area contributed by atoms with Gasteiger partial charge < -0.3 is 26.0 Å². The van der Waals surface area contributed by atoms with Crippen LogP contribution in [0.4, 0.5) is 10.5 Å². The quantitative estimate of drug-likeness (QED) is 0.722. The van der Waals surface area contributed by atoms with Crippen molar-refractivity contribution < 1.29 is 14.3 Å². The van der Waals surface area contributed by atoms with E-state index in [1.165, 1.54) is 5.69 Å². The average molecular weight is 368 g/mol. The second-order valence-electron chi connectivity index (χ2n) is 6.37. The molecule has 4 N–H and O–H groups in total. The number of morpholine rings is 1. The maximum atomic E-state index is 12.0. The van der Waals surface area contributed by atoms with Gasteiger partial charge in [-0.2, -0.15) is 0 Å². The Morgan fingerprint density at radius 3 is 2.30 bits per heavy atom. The molecular formula is C20H24N4O3. The van der Waals surface area contributed by atoms with E-state index < -0.39 is 5.91 Å². The third kappa shape index (κ3) is 5.46. The first-order valence-corrected chi connectivity index (χ1v) is 8.94. The summed E-state index contributed by atoms with van der Waals surface area (Å²) in [5, 5.41) is 5.60. The van der Waals surface area contributed by atoms with E-state index in [1.807, 2.05) is 18.2 Å². The highest BCUT2D eigenvalue weighted by atomic mass is 16.5. The Morgan fingerprint density at radius 1 is 0.963 bits per heavy atom. The van der Waals surface area contributed by atoms with Gasteiger partial charge in [0, 0.05) is 37.4 Å². The van der Waals surface area contributed by atoms with Gasteiger partial charge >= 0.3 is 6.03 Å². The number of ether oxygens (including phenoxy) is 1. The van der Waals surface area contributed by atoms with Crippen molar-refractivity contribution in [3.05, 3.63) is 65.2 Å². The van der Waals surface area contributed by atoms with Crippen molar-refractivity contribution in [3.63, 3.8) is 0 Å². The number of amides is 3. The minimum atomic E-state index is -0.484. The van der Waals surface area contributed by atoms with Gasteiger partial charge in [-0.05, 0) is 35.4 Å². The molecule has 2 aromatic rings. The molecule has 3 amide bonds. The summed E-state index contributed by atoms with van der Waals surface area (Å²) >= 11 is 0. The van der Waals surface area contributed by atoms with Crippen molar-refractivity contribution in [2.24, 2.45) is 5.73 Å². The Morgan fingerprint density at radius 2 is 1.63 bits per heavy atom. The Labute approximate surface area is 158 Å². The summed E-state index contributed by atoms with van der Waals surface area (Å²) in [5.41, 5.74) is 8.70. The second-order valence-corrected chi connectivity index (χ2v) is 6.37. The molecule has 7 nitrogen and oxygen atoms in total. The lowest BCUT2D eigenvalue weighted by Crippen LogP contribution is -2.36. The first kappa shape index (κ1) is 18.7. The van der Waals surface area contributed by atoms with Crippen molar-refractivity contribution in [2.45, 2.75) is 13.1 Å². The van der Waals surface area contributed by atoms with Crippen LogP contribution in [0.2, 0.25) is 0 Å². The van der Waals surface area contributed by atoms with E-state index in [0.29, 0.717) is 18.7 Å². The topological polar surface area (TPSA) is 96.7 Å². The number of nitrogens with one attached hydrogen (secondary N) is 2. The SMILES string of the molecule is NC(=O)c1cccc(CNC(=O)NCc2ccc(N3CCOCC3)cc2)c1. The van der Waals surface area contributed by atoms with Gasteiger partial charge in [0.05, 0.1) is 13.2 Å². The van der Waals surface area contributed by atoms with Crippen LogP contribution in [0.15, 0.2) is 48.5 Å². The predicted molar refractivity (Wildman–Crippen MR) is 104 cm³/mol. The van der Waals surface area contributed by atoms with E-state index in [9.17, 15) is 9.59 Å². The number of carbonyl (C=O) groups excluding carboxylic acids is 2. The van der Waals surface area contributed by atoms with Gasteiger partial charge in [-0.3, -0.25) is 4.79 Å². The van der Waals surface area contributed by atoms with Crippen LogP contribution >= 0.6 is 0 Å². The minimum Gasteiger partial charge on any atom is -0.378 e. The Kier molecular flexibility index (Phi) is 6.27. The Balaban J connectivity index is 1.45. The van der Waals surface area contributed by atoms with Gasteiger partial charge in [0.25, 0.3) is 0 Å². The van der Waals surface area contributed by atoms with Crippen molar-refractivity contribution >= 4 is 17.6 Å². The van der Waals surface area contributed by atoms with E-state index in [4.69, 9.17) is 10.5 Å². The van der Waals surface area contributed by atoms with E-state index in [1.54, 1.807) is 18.2 Å². The zero-order chi connectivity index (χ0) is 19.1. The number of anilines is 1. The van der Waals surface area contributed by atoms with Crippen molar-refractivity contribution in [1.29, 1.82) is 0 Å². The Bertz CT molecular complexity index is 786. The molecule has 27 heavy (non-hydrogen) atoms. The van der Waals surface area contributed by atoms with Crippen LogP contribution in [-0.2, 0) is 17.8 Å². The van der Waals surface area contributed by atoms with Crippen molar-refractivity contribution in [2.75, 3.05) is 31.2 Å². The summed E-state index contributed by atoms with van der Waals surface area (Å²) in [5.74, 6) is -0.484. The van der Waals surface area contributed by atoms with Crippen molar-refractivity contribution in [1.82, 2.24) is 10.6 Å². The average Bonchev–Trinajstić information content (AvgIpc) is 2.72. The fourth-order valence-electron chi connectivity index (χ4n) is 2.91. The largest absolute Gasteiger partial charge is 0.378 e. The monoisotopic (exact) mass is 368 g/mol. The van der Waals surface area contributed by atoms with Crippen LogP contribution in [0.1, 0.15) is 21.5 Å². The first-order valence-electron chi connectivity index (χ1n) is 8.94. The normalized spacial score (nSPS) is 13.9. The van der Waals surface area contributed by atoms with Gasteiger partial charge in [-0.25, -0.2) is 4.79 Å². The van der Waals surface area contributed by atoms with Gasteiger partial charge in [0.1, 0.15) is 0 Å². The number of carbonyl (C=O) groups is 2. The summed E-state index contributed by atoms with van der Waals surface area (Å²) < 4.78 is 5.36. The summed E-state index contributed by atoms with van der Waals surface area (Å²) in [6.45, 7) is 4.07. The molecule has 1 saturated heterocycles. The van der Waals surface area contributed by atoms with Crippen LogP contribution in [-0.4, -0.2) is 38.2 Å².